The van der Waals surface area contributed by atoms with Gasteiger partial charge in [-0.3, -0.25) is 5.10 Å². The monoisotopic (exact) mass is 153 g/mol. The number of hydrogen-bond donors (Lipinski definition) is 3. The fraction of sp³-hybridized carbons (Fsp3) is 0.571. The van der Waals surface area contributed by atoms with Gasteiger partial charge in [0.05, 0.1) is 6.10 Å². The first kappa shape index (κ1) is 6.67. The van der Waals surface area contributed by atoms with Gasteiger partial charge < -0.3 is 10.8 Å². The molecule has 1 unspecified atom stereocenters. The molecule has 0 aromatic carbocycles. The molecule has 11 heavy (non-hydrogen) atoms. The van der Waals surface area contributed by atoms with Crippen LogP contribution in [-0.4, -0.2) is 21.4 Å². The largest absolute Gasteiger partial charge is 0.393 e. The van der Waals surface area contributed by atoms with Crippen molar-refractivity contribution in [2.75, 3.05) is 5.73 Å². The minimum Gasteiger partial charge on any atom is -0.393 e. The van der Waals surface area contributed by atoms with E-state index in [2.05, 4.69) is 10.2 Å². The van der Waals surface area contributed by atoms with Crippen LogP contribution in [0.25, 0.3) is 0 Å². The number of hydrogen-bond acceptors (Lipinski definition) is 3. The number of aliphatic hydroxyl groups is 1. The van der Waals surface area contributed by atoms with Gasteiger partial charge in [0.1, 0.15) is 5.82 Å². The lowest BCUT2D eigenvalue weighted by Gasteiger charge is -2.15. The van der Waals surface area contributed by atoms with Crippen molar-refractivity contribution in [3.63, 3.8) is 0 Å². The SMILES string of the molecule is Nc1n[nH]c2c1CCC(O)C2. The summed E-state index contributed by atoms with van der Waals surface area (Å²) in [7, 11) is 0. The summed E-state index contributed by atoms with van der Waals surface area (Å²) in [4.78, 5) is 0. The molecule has 1 heterocycles. The predicted octanol–water partition coefficient (Wildman–Crippen LogP) is -0.159. The Morgan fingerprint density at radius 1 is 1.64 bits per heavy atom. The second kappa shape index (κ2) is 2.23. The van der Waals surface area contributed by atoms with Gasteiger partial charge in [-0.05, 0) is 12.8 Å². The summed E-state index contributed by atoms with van der Waals surface area (Å²) in [5, 5.41) is 16.0. The molecule has 1 aliphatic rings. The quantitative estimate of drug-likeness (QED) is 0.485. The van der Waals surface area contributed by atoms with Crippen LogP contribution in [0, 0.1) is 0 Å². The molecule has 0 spiro atoms. The molecule has 4 heteroatoms. The van der Waals surface area contributed by atoms with Crippen molar-refractivity contribution in [2.45, 2.75) is 25.4 Å². The van der Waals surface area contributed by atoms with Crippen molar-refractivity contribution >= 4 is 5.82 Å². The molecular weight excluding hydrogens is 142 g/mol. The Bertz CT molecular complexity index is 269. The van der Waals surface area contributed by atoms with E-state index in [-0.39, 0.29) is 6.10 Å². The third kappa shape index (κ3) is 0.991. The number of aliphatic hydroxyl groups excluding tert-OH is 1. The van der Waals surface area contributed by atoms with Crippen molar-refractivity contribution < 1.29 is 5.11 Å². The number of aromatic amines is 1. The molecule has 1 aromatic heterocycles. The van der Waals surface area contributed by atoms with E-state index in [1.54, 1.807) is 0 Å². The Balaban J connectivity index is 2.36. The lowest BCUT2D eigenvalue weighted by Crippen LogP contribution is -2.18. The van der Waals surface area contributed by atoms with Gasteiger partial charge in [-0.1, -0.05) is 0 Å². The van der Waals surface area contributed by atoms with E-state index >= 15 is 0 Å². The summed E-state index contributed by atoms with van der Waals surface area (Å²) >= 11 is 0. The van der Waals surface area contributed by atoms with Gasteiger partial charge in [-0.25, -0.2) is 0 Å². The molecule has 2 rings (SSSR count). The lowest BCUT2D eigenvalue weighted by atomic mass is 9.95. The highest BCUT2D eigenvalue weighted by atomic mass is 16.3. The number of nitrogens with one attached hydrogen (secondary N) is 1. The average molecular weight is 153 g/mol. The summed E-state index contributed by atoms with van der Waals surface area (Å²) in [5.41, 5.74) is 7.68. The first-order chi connectivity index (χ1) is 5.27. The molecule has 0 aliphatic heterocycles. The molecule has 0 bridgehead atoms. The molecule has 1 atom stereocenters. The number of nitrogens with two attached hydrogens (primary N) is 1. The third-order valence-electron chi connectivity index (χ3n) is 2.15. The van der Waals surface area contributed by atoms with E-state index in [4.69, 9.17) is 5.73 Å². The molecule has 0 saturated heterocycles. The Morgan fingerprint density at radius 2 is 2.45 bits per heavy atom. The molecule has 4 nitrogen and oxygen atoms in total. The minimum absolute atomic E-state index is 0.220. The Morgan fingerprint density at radius 3 is 3.27 bits per heavy atom. The summed E-state index contributed by atoms with van der Waals surface area (Å²) in [6.45, 7) is 0. The molecule has 1 aromatic rings. The zero-order valence-corrected chi connectivity index (χ0v) is 6.17. The molecule has 60 valence electrons. The third-order valence-corrected chi connectivity index (χ3v) is 2.15. The van der Waals surface area contributed by atoms with E-state index in [0.29, 0.717) is 12.2 Å². The maximum atomic E-state index is 9.28. The van der Waals surface area contributed by atoms with Crippen LogP contribution in [0.2, 0.25) is 0 Å². The van der Waals surface area contributed by atoms with Crippen LogP contribution in [0.15, 0.2) is 0 Å². The van der Waals surface area contributed by atoms with E-state index < -0.39 is 0 Å². The topological polar surface area (TPSA) is 74.9 Å². The van der Waals surface area contributed by atoms with Crippen molar-refractivity contribution in [1.29, 1.82) is 0 Å². The number of fused-ring (bicyclic) bond motifs is 1. The number of anilines is 1. The second-order valence-corrected chi connectivity index (χ2v) is 2.96. The highest BCUT2D eigenvalue weighted by molar-refractivity contribution is 5.43. The van der Waals surface area contributed by atoms with Crippen LogP contribution in [-0.2, 0) is 12.8 Å². The van der Waals surface area contributed by atoms with Gasteiger partial charge in [-0.2, -0.15) is 5.10 Å². The van der Waals surface area contributed by atoms with Crippen LogP contribution in [0.5, 0.6) is 0 Å². The molecule has 1 aliphatic carbocycles. The second-order valence-electron chi connectivity index (χ2n) is 2.96. The molecule has 0 radical (unpaired) electrons. The van der Waals surface area contributed by atoms with Crippen LogP contribution in [0.4, 0.5) is 5.82 Å². The molecule has 0 amide bonds. The van der Waals surface area contributed by atoms with Gasteiger partial charge in [0.2, 0.25) is 0 Å². The van der Waals surface area contributed by atoms with E-state index in [1.807, 2.05) is 0 Å². The standard InChI is InChI=1S/C7H11N3O/c8-7-5-2-1-4(11)3-6(5)9-10-7/h4,11H,1-3H2,(H3,8,9,10). The molecular formula is C7H11N3O. The summed E-state index contributed by atoms with van der Waals surface area (Å²) in [5.74, 6) is 0.590. The maximum absolute atomic E-state index is 9.28. The van der Waals surface area contributed by atoms with E-state index in [9.17, 15) is 5.11 Å². The number of nitrogen functional groups attached to an aromatic ring is 1. The van der Waals surface area contributed by atoms with Crippen molar-refractivity contribution in [3.8, 4) is 0 Å². The number of rotatable bonds is 0. The van der Waals surface area contributed by atoms with Crippen molar-refractivity contribution in [3.05, 3.63) is 11.3 Å². The van der Waals surface area contributed by atoms with Crippen LogP contribution >= 0.6 is 0 Å². The minimum atomic E-state index is -0.220. The van der Waals surface area contributed by atoms with Gasteiger partial charge in [0, 0.05) is 17.7 Å². The molecule has 0 saturated carbocycles. The Kier molecular flexibility index (Phi) is 1.35. The lowest BCUT2D eigenvalue weighted by molar-refractivity contribution is 0.157. The fourth-order valence-corrected chi connectivity index (χ4v) is 1.51. The Hall–Kier alpha value is -1.03. The molecule has 0 fully saturated rings. The zero-order valence-electron chi connectivity index (χ0n) is 6.17. The normalized spacial score (nSPS) is 23.2. The predicted molar refractivity (Wildman–Crippen MR) is 41.0 cm³/mol. The van der Waals surface area contributed by atoms with Gasteiger partial charge >= 0.3 is 0 Å². The zero-order chi connectivity index (χ0) is 7.84. The Labute approximate surface area is 64.4 Å². The van der Waals surface area contributed by atoms with Gasteiger partial charge in [-0.15, -0.1) is 0 Å². The fourth-order valence-electron chi connectivity index (χ4n) is 1.51. The van der Waals surface area contributed by atoms with E-state index in [1.165, 1.54) is 0 Å². The van der Waals surface area contributed by atoms with Crippen LogP contribution in [0.3, 0.4) is 0 Å². The van der Waals surface area contributed by atoms with Crippen molar-refractivity contribution in [1.82, 2.24) is 10.2 Å². The summed E-state index contributed by atoms with van der Waals surface area (Å²) < 4.78 is 0. The number of nitrogens with zero attached hydrogens (tertiary/aromatic N) is 1. The van der Waals surface area contributed by atoms with Gasteiger partial charge in [0.25, 0.3) is 0 Å². The molecule has 4 N–H and O–H groups in total. The first-order valence-electron chi connectivity index (χ1n) is 3.77. The number of H-pyrrole nitrogens is 1. The average Bonchev–Trinajstić information content (AvgIpc) is 2.32. The highest BCUT2D eigenvalue weighted by Crippen LogP contribution is 2.23. The smallest absolute Gasteiger partial charge is 0.148 e. The van der Waals surface area contributed by atoms with Gasteiger partial charge in [0.15, 0.2) is 0 Å². The number of aromatic nitrogens is 2. The van der Waals surface area contributed by atoms with Crippen LogP contribution in [0.1, 0.15) is 17.7 Å². The van der Waals surface area contributed by atoms with E-state index in [0.717, 1.165) is 24.1 Å². The maximum Gasteiger partial charge on any atom is 0.148 e. The highest BCUT2D eigenvalue weighted by Gasteiger charge is 2.20. The van der Waals surface area contributed by atoms with Crippen LogP contribution < -0.4 is 5.73 Å². The summed E-state index contributed by atoms with van der Waals surface area (Å²) in [6, 6.07) is 0. The summed E-state index contributed by atoms with van der Waals surface area (Å²) in [6.07, 6.45) is 2.09. The van der Waals surface area contributed by atoms with Crippen molar-refractivity contribution in [2.24, 2.45) is 0 Å². The first-order valence-corrected chi connectivity index (χ1v) is 3.77.